The first-order chi connectivity index (χ1) is 7.76. The van der Waals surface area contributed by atoms with Gasteiger partial charge in [-0.15, -0.1) is 0 Å². The van der Waals surface area contributed by atoms with Crippen LogP contribution in [0, 0.1) is 23.2 Å². The molecule has 1 aliphatic carbocycles. The molecule has 3 heterocycles. The third-order valence-corrected chi connectivity index (χ3v) is 5.54. The largest absolute Gasteiger partial charge is 0.315 e. The topological polar surface area (TPSA) is 18.5 Å². The lowest BCUT2D eigenvalue weighted by Crippen LogP contribution is -2.54. The summed E-state index contributed by atoms with van der Waals surface area (Å²) < 4.78 is 0. The Morgan fingerprint density at radius 1 is 1.25 bits per heavy atom. The zero-order valence-electron chi connectivity index (χ0n) is 10.3. The molecular formula is C13H23N3. The number of piperidine rings is 1. The van der Waals surface area contributed by atoms with Gasteiger partial charge in [-0.25, -0.2) is 0 Å². The summed E-state index contributed by atoms with van der Waals surface area (Å²) >= 11 is 0. The van der Waals surface area contributed by atoms with E-state index < -0.39 is 0 Å². The maximum Gasteiger partial charge on any atom is 0.00918 e. The second-order valence-electron chi connectivity index (χ2n) is 6.80. The van der Waals surface area contributed by atoms with Crippen molar-refractivity contribution in [3.05, 3.63) is 0 Å². The number of likely N-dealkylation sites (tertiary alicyclic amines) is 2. The SMILES string of the molecule is CN1CC2C(C1)C2CN1CCC2(CNC2)C1. The van der Waals surface area contributed by atoms with E-state index in [4.69, 9.17) is 0 Å². The van der Waals surface area contributed by atoms with Gasteiger partial charge < -0.3 is 15.1 Å². The third-order valence-electron chi connectivity index (χ3n) is 5.54. The number of hydrogen-bond acceptors (Lipinski definition) is 3. The van der Waals surface area contributed by atoms with Gasteiger partial charge in [-0.3, -0.25) is 0 Å². The summed E-state index contributed by atoms with van der Waals surface area (Å²) in [6, 6.07) is 0. The first kappa shape index (κ1) is 9.86. The first-order valence-corrected chi connectivity index (χ1v) is 6.87. The molecule has 16 heavy (non-hydrogen) atoms. The van der Waals surface area contributed by atoms with E-state index in [1.807, 2.05) is 0 Å². The quantitative estimate of drug-likeness (QED) is 0.713. The number of fused-ring (bicyclic) bond motifs is 1. The van der Waals surface area contributed by atoms with Gasteiger partial charge in [0.25, 0.3) is 0 Å². The predicted octanol–water partition coefficient (Wildman–Crippen LogP) is 0.0893. The molecule has 1 N–H and O–H groups in total. The van der Waals surface area contributed by atoms with Gasteiger partial charge in [0.1, 0.15) is 0 Å². The van der Waals surface area contributed by atoms with Gasteiger partial charge >= 0.3 is 0 Å². The number of nitrogens with zero attached hydrogens (tertiary/aromatic N) is 2. The molecular weight excluding hydrogens is 198 g/mol. The minimum Gasteiger partial charge on any atom is -0.315 e. The average Bonchev–Trinajstić information content (AvgIpc) is 2.67. The van der Waals surface area contributed by atoms with Crippen LogP contribution in [0.25, 0.3) is 0 Å². The zero-order valence-corrected chi connectivity index (χ0v) is 10.3. The Balaban J connectivity index is 1.31. The molecule has 0 aromatic carbocycles. The van der Waals surface area contributed by atoms with E-state index in [2.05, 4.69) is 22.2 Å². The Bertz CT molecular complexity index is 288. The van der Waals surface area contributed by atoms with E-state index in [1.165, 1.54) is 52.2 Å². The van der Waals surface area contributed by atoms with Crippen molar-refractivity contribution in [3.8, 4) is 0 Å². The van der Waals surface area contributed by atoms with Crippen LogP contribution in [0.2, 0.25) is 0 Å². The van der Waals surface area contributed by atoms with Crippen LogP contribution < -0.4 is 5.32 Å². The Hall–Kier alpha value is -0.120. The van der Waals surface area contributed by atoms with E-state index in [1.54, 1.807) is 0 Å². The second kappa shape index (κ2) is 3.21. The van der Waals surface area contributed by atoms with Crippen LogP contribution in [0.3, 0.4) is 0 Å². The van der Waals surface area contributed by atoms with Gasteiger partial charge in [0, 0.05) is 44.7 Å². The fraction of sp³-hybridized carbons (Fsp3) is 1.00. The zero-order chi connectivity index (χ0) is 10.8. The third kappa shape index (κ3) is 1.38. The molecule has 1 saturated carbocycles. The monoisotopic (exact) mass is 221 g/mol. The van der Waals surface area contributed by atoms with Crippen LogP contribution in [0.1, 0.15) is 6.42 Å². The van der Waals surface area contributed by atoms with Crippen LogP contribution >= 0.6 is 0 Å². The fourth-order valence-corrected chi connectivity index (χ4v) is 4.38. The molecule has 3 aliphatic heterocycles. The summed E-state index contributed by atoms with van der Waals surface area (Å²) in [6.45, 7) is 9.46. The highest BCUT2D eigenvalue weighted by atomic mass is 15.2. The lowest BCUT2D eigenvalue weighted by atomic mass is 9.81. The van der Waals surface area contributed by atoms with Crippen molar-refractivity contribution in [2.75, 3.05) is 52.9 Å². The Morgan fingerprint density at radius 3 is 2.56 bits per heavy atom. The lowest BCUT2D eigenvalue weighted by molar-refractivity contribution is 0.164. The van der Waals surface area contributed by atoms with Gasteiger partial charge in [-0.1, -0.05) is 0 Å². The van der Waals surface area contributed by atoms with Crippen molar-refractivity contribution in [2.24, 2.45) is 23.2 Å². The molecule has 3 nitrogen and oxygen atoms in total. The average molecular weight is 221 g/mol. The number of hydrogen-bond donors (Lipinski definition) is 1. The Labute approximate surface area is 98.2 Å². The highest BCUT2D eigenvalue weighted by Crippen LogP contribution is 2.52. The molecule has 4 rings (SSSR count). The molecule has 2 atom stereocenters. The molecule has 0 amide bonds. The normalized spacial score (nSPS) is 45.9. The summed E-state index contributed by atoms with van der Waals surface area (Å²) in [4.78, 5) is 5.26. The van der Waals surface area contributed by atoms with E-state index in [0.717, 1.165) is 17.8 Å². The molecule has 3 heteroatoms. The van der Waals surface area contributed by atoms with E-state index in [-0.39, 0.29) is 0 Å². The van der Waals surface area contributed by atoms with Crippen LogP contribution in [0.15, 0.2) is 0 Å². The van der Waals surface area contributed by atoms with Crippen molar-refractivity contribution in [2.45, 2.75) is 6.42 Å². The van der Waals surface area contributed by atoms with Gasteiger partial charge in [-0.05, 0) is 37.8 Å². The molecule has 1 spiro atoms. The summed E-state index contributed by atoms with van der Waals surface area (Å²) in [5.74, 6) is 3.17. The molecule has 0 radical (unpaired) electrons. The van der Waals surface area contributed by atoms with Crippen LogP contribution in [-0.4, -0.2) is 62.7 Å². The van der Waals surface area contributed by atoms with Crippen LogP contribution in [0.5, 0.6) is 0 Å². The smallest absolute Gasteiger partial charge is 0.00918 e. The number of rotatable bonds is 2. The van der Waals surface area contributed by atoms with Crippen molar-refractivity contribution in [1.82, 2.24) is 15.1 Å². The summed E-state index contributed by atoms with van der Waals surface area (Å²) in [6.07, 6.45) is 1.45. The molecule has 0 aromatic heterocycles. The van der Waals surface area contributed by atoms with Gasteiger partial charge in [0.15, 0.2) is 0 Å². The van der Waals surface area contributed by atoms with Gasteiger partial charge in [-0.2, -0.15) is 0 Å². The molecule has 4 fully saturated rings. The Morgan fingerprint density at radius 2 is 2.00 bits per heavy atom. The van der Waals surface area contributed by atoms with Crippen molar-refractivity contribution < 1.29 is 0 Å². The highest BCUT2D eigenvalue weighted by molar-refractivity contribution is 5.07. The first-order valence-electron chi connectivity index (χ1n) is 6.87. The Kier molecular flexibility index (Phi) is 1.98. The standard InChI is InChI=1S/C13H23N3/c1-15-4-10-11(5-15)12(10)6-16-3-2-13(9-16)7-14-8-13/h10-12,14H,2-9H2,1H3. The molecule has 0 aromatic rings. The molecule has 2 unspecified atom stereocenters. The number of nitrogens with one attached hydrogen (secondary N) is 1. The van der Waals surface area contributed by atoms with Crippen molar-refractivity contribution in [1.29, 1.82) is 0 Å². The van der Waals surface area contributed by atoms with Gasteiger partial charge in [0.2, 0.25) is 0 Å². The minimum atomic E-state index is 0.695. The van der Waals surface area contributed by atoms with E-state index >= 15 is 0 Å². The van der Waals surface area contributed by atoms with E-state index in [9.17, 15) is 0 Å². The second-order valence-corrected chi connectivity index (χ2v) is 6.80. The summed E-state index contributed by atoms with van der Waals surface area (Å²) in [7, 11) is 2.27. The van der Waals surface area contributed by atoms with Crippen molar-refractivity contribution in [3.63, 3.8) is 0 Å². The summed E-state index contributed by atoms with van der Waals surface area (Å²) in [5.41, 5.74) is 0.695. The molecule has 90 valence electrons. The van der Waals surface area contributed by atoms with Crippen LogP contribution in [-0.2, 0) is 0 Å². The molecule has 3 saturated heterocycles. The maximum absolute atomic E-state index is 3.45. The summed E-state index contributed by atoms with van der Waals surface area (Å²) in [5, 5.41) is 3.45. The minimum absolute atomic E-state index is 0.695. The molecule has 0 bridgehead atoms. The van der Waals surface area contributed by atoms with Crippen LogP contribution in [0.4, 0.5) is 0 Å². The lowest BCUT2D eigenvalue weighted by Gasteiger charge is -2.39. The molecule has 4 aliphatic rings. The predicted molar refractivity (Wildman–Crippen MR) is 64.3 cm³/mol. The van der Waals surface area contributed by atoms with Crippen molar-refractivity contribution >= 4 is 0 Å². The maximum atomic E-state index is 3.45. The highest BCUT2D eigenvalue weighted by Gasteiger charge is 2.55. The van der Waals surface area contributed by atoms with Gasteiger partial charge in [0.05, 0.1) is 0 Å². The fourth-order valence-electron chi connectivity index (χ4n) is 4.38. The van der Waals surface area contributed by atoms with E-state index in [0.29, 0.717) is 5.41 Å².